The number of fused-ring (bicyclic) bond motifs is 1. The van der Waals surface area contributed by atoms with Crippen LogP contribution in [0.5, 0.6) is 0 Å². The van der Waals surface area contributed by atoms with Gasteiger partial charge in [0.1, 0.15) is 0 Å². The highest BCUT2D eigenvalue weighted by molar-refractivity contribution is 5.96. The normalized spacial score (nSPS) is 18.3. The summed E-state index contributed by atoms with van der Waals surface area (Å²) >= 11 is 0. The number of anilines is 2. The van der Waals surface area contributed by atoms with Gasteiger partial charge in [-0.1, -0.05) is 66.7 Å². The highest BCUT2D eigenvalue weighted by Gasteiger charge is 2.32. The van der Waals surface area contributed by atoms with Gasteiger partial charge in [-0.05, 0) is 42.7 Å². The Labute approximate surface area is 160 Å². The quantitative estimate of drug-likeness (QED) is 0.696. The van der Waals surface area contributed by atoms with Gasteiger partial charge in [-0.2, -0.15) is 0 Å². The molecule has 0 fully saturated rings. The first kappa shape index (κ1) is 17.3. The molecule has 0 radical (unpaired) electrons. The van der Waals surface area contributed by atoms with Crippen molar-refractivity contribution in [1.29, 1.82) is 0 Å². The van der Waals surface area contributed by atoms with Gasteiger partial charge < -0.3 is 10.2 Å². The van der Waals surface area contributed by atoms with E-state index in [9.17, 15) is 4.79 Å². The molecular weight excluding hydrogens is 332 g/mol. The van der Waals surface area contributed by atoms with Gasteiger partial charge in [0.2, 0.25) is 5.91 Å². The van der Waals surface area contributed by atoms with Crippen LogP contribution in [0.25, 0.3) is 0 Å². The summed E-state index contributed by atoms with van der Waals surface area (Å²) in [6.45, 7) is 2.17. The molecule has 3 aromatic rings. The maximum Gasteiger partial charge on any atom is 0.231 e. The molecule has 0 aliphatic carbocycles. The number of nitrogens with one attached hydrogen (secondary N) is 1. The molecule has 4 rings (SSSR count). The first-order chi connectivity index (χ1) is 13.2. The molecular formula is C24H24N2O. The Morgan fingerprint density at radius 2 is 1.56 bits per heavy atom. The highest BCUT2D eigenvalue weighted by Crippen LogP contribution is 2.39. The van der Waals surface area contributed by atoms with Crippen molar-refractivity contribution in [3.05, 3.63) is 96.1 Å². The minimum Gasteiger partial charge on any atom is -0.382 e. The molecule has 3 aromatic carbocycles. The molecule has 3 nitrogen and oxygen atoms in total. The van der Waals surface area contributed by atoms with Gasteiger partial charge >= 0.3 is 0 Å². The molecule has 1 amide bonds. The van der Waals surface area contributed by atoms with Crippen LogP contribution in [0.1, 0.15) is 30.5 Å². The number of nitrogens with zero attached hydrogens (tertiary/aromatic N) is 1. The molecule has 3 heteroatoms. The number of hydrogen-bond acceptors (Lipinski definition) is 2. The van der Waals surface area contributed by atoms with Crippen LogP contribution >= 0.6 is 0 Å². The van der Waals surface area contributed by atoms with Gasteiger partial charge in [0.25, 0.3) is 0 Å². The lowest BCUT2D eigenvalue weighted by atomic mass is 9.91. The van der Waals surface area contributed by atoms with Gasteiger partial charge in [0.15, 0.2) is 0 Å². The molecule has 136 valence electrons. The topological polar surface area (TPSA) is 32.3 Å². The number of carbonyl (C=O) groups excluding carboxylic acids is 1. The lowest BCUT2D eigenvalue weighted by Gasteiger charge is -2.39. The van der Waals surface area contributed by atoms with E-state index in [4.69, 9.17) is 0 Å². The predicted octanol–water partition coefficient (Wildman–Crippen LogP) is 5.21. The zero-order valence-electron chi connectivity index (χ0n) is 15.5. The van der Waals surface area contributed by atoms with Crippen LogP contribution in [-0.4, -0.2) is 11.9 Å². The molecule has 2 unspecified atom stereocenters. The summed E-state index contributed by atoms with van der Waals surface area (Å²) in [7, 11) is 0. The number of hydrogen-bond donors (Lipinski definition) is 1. The van der Waals surface area contributed by atoms with Crippen molar-refractivity contribution in [3.63, 3.8) is 0 Å². The van der Waals surface area contributed by atoms with E-state index < -0.39 is 0 Å². The third kappa shape index (κ3) is 3.72. The fourth-order valence-electron chi connectivity index (χ4n) is 3.89. The molecule has 1 aliphatic rings. The molecule has 27 heavy (non-hydrogen) atoms. The van der Waals surface area contributed by atoms with Crippen molar-refractivity contribution >= 4 is 17.3 Å². The Hall–Kier alpha value is -3.07. The van der Waals surface area contributed by atoms with Crippen molar-refractivity contribution in [1.82, 2.24) is 0 Å². The first-order valence-corrected chi connectivity index (χ1v) is 9.49. The van der Waals surface area contributed by atoms with E-state index in [0.29, 0.717) is 12.5 Å². The van der Waals surface area contributed by atoms with Crippen molar-refractivity contribution < 1.29 is 4.79 Å². The standard InChI is InChI=1S/C24H24N2O/c1-18-16-23(21-14-8-9-15-22(21)25-18)26(20-12-6-3-7-13-20)24(27)17-19-10-4-2-5-11-19/h2-15,18,23,25H,16-17H2,1H3. The fourth-order valence-corrected chi connectivity index (χ4v) is 3.89. The van der Waals surface area contributed by atoms with E-state index in [1.54, 1.807) is 0 Å². The van der Waals surface area contributed by atoms with E-state index in [-0.39, 0.29) is 11.9 Å². The summed E-state index contributed by atoms with van der Waals surface area (Å²) in [5.74, 6) is 0.126. The van der Waals surface area contributed by atoms with Crippen molar-refractivity contribution in [3.8, 4) is 0 Å². The summed E-state index contributed by atoms with van der Waals surface area (Å²) in [5.41, 5.74) is 4.29. The predicted molar refractivity (Wildman–Crippen MR) is 111 cm³/mol. The molecule has 0 aromatic heterocycles. The minimum atomic E-state index is 0.0241. The van der Waals surface area contributed by atoms with Gasteiger partial charge in [0, 0.05) is 17.4 Å². The summed E-state index contributed by atoms with van der Waals surface area (Å²) in [5, 5.41) is 3.55. The average Bonchev–Trinajstić information content (AvgIpc) is 2.69. The third-order valence-electron chi connectivity index (χ3n) is 5.11. The fraction of sp³-hybridized carbons (Fsp3) is 0.208. The molecule has 0 bridgehead atoms. The second kappa shape index (κ2) is 7.67. The minimum absolute atomic E-state index is 0.0241. The van der Waals surface area contributed by atoms with E-state index in [1.807, 2.05) is 77.7 Å². The van der Waals surface area contributed by atoms with Crippen LogP contribution in [0.3, 0.4) is 0 Å². The SMILES string of the molecule is CC1CC(N(C(=O)Cc2ccccc2)c2ccccc2)c2ccccc2N1. The maximum atomic E-state index is 13.4. The Kier molecular flexibility index (Phi) is 4.93. The van der Waals surface area contributed by atoms with E-state index >= 15 is 0 Å². The highest BCUT2D eigenvalue weighted by atomic mass is 16.2. The summed E-state index contributed by atoms with van der Waals surface area (Å²) in [4.78, 5) is 15.4. The van der Waals surface area contributed by atoms with Crippen LogP contribution in [0, 0.1) is 0 Å². The van der Waals surface area contributed by atoms with Gasteiger partial charge in [0.05, 0.1) is 12.5 Å². The molecule has 0 spiro atoms. The van der Waals surface area contributed by atoms with Crippen molar-refractivity contribution in [2.45, 2.75) is 31.8 Å². The summed E-state index contributed by atoms with van der Waals surface area (Å²) in [6.07, 6.45) is 1.28. The van der Waals surface area contributed by atoms with Crippen LogP contribution in [0.4, 0.5) is 11.4 Å². The number of amides is 1. The molecule has 0 saturated carbocycles. The van der Waals surface area contributed by atoms with Crippen LogP contribution in [0.15, 0.2) is 84.9 Å². The zero-order chi connectivity index (χ0) is 18.6. The van der Waals surface area contributed by atoms with Gasteiger partial charge in [-0.25, -0.2) is 0 Å². The van der Waals surface area contributed by atoms with Crippen molar-refractivity contribution in [2.75, 3.05) is 10.2 Å². The molecule has 1 aliphatic heterocycles. The number of para-hydroxylation sites is 2. The van der Waals surface area contributed by atoms with Crippen LogP contribution < -0.4 is 10.2 Å². The lowest BCUT2D eigenvalue weighted by molar-refractivity contribution is -0.118. The van der Waals surface area contributed by atoms with Crippen molar-refractivity contribution in [2.24, 2.45) is 0 Å². The number of rotatable bonds is 4. The Bertz CT molecular complexity index is 908. The van der Waals surface area contributed by atoms with Crippen LogP contribution in [0.2, 0.25) is 0 Å². The zero-order valence-corrected chi connectivity index (χ0v) is 15.5. The maximum absolute atomic E-state index is 13.4. The molecule has 0 saturated heterocycles. The van der Waals surface area contributed by atoms with Gasteiger partial charge in [-0.15, -0.1) is 0 Å². The molecule has 2 atom stereocenters. The van der Waals surface area contributed by atoms with E-state index in [1.165, 1.54) is 5.56 Å². The van der Waals surface area contributed by atoms with Crippen LogP contribution in [-0.2, 0) is 11.2 Å². The smallest absolute Gasteiger partial charge is 0.231 e. The Morgan fingerprint density at radius 3 is 2.30 bits per heavy atom. The van der Waals surface area contributed by atoms with Gasteiger partial charge in [-0.3, -0.25) is 4.79 Å². The third-order valence-corrected chi connectivity index (χ3v) is 5.11. The summed E-state index contributed by atoms with van der Waals surface area (Å²) < 4.78 is 0. The first-order valence-electron chi connectivity index (χ1n) is 9.49. The largest absolute Gasteiger partial charge is 0.382 e. The monoisotopic (exact) mass is 356 g/mol. The van der Waals surface area contributed by atoms with E-state index in [2.05, 4.69) is 24.4 Å². The molecule has 1 heterocycles. The Balaban J connectivity index is 1.74. The molecule has 1 N–H and O–H groups in total. The Morgan fingerprint density at radius 1 is 0.926 bits per heavy atom. The average molecular weight is 356 g/mol. The van der Waals surface area contributed by atoms with E-state index in [0.717, 1.165) is 23.4 Å². The second-order valence-corrected chi connectivity index (χ2v) is 7.15. The summed E-state index contributed by atoms with van der Waals surface area (Å²) in [6, 6.07) is 28.7. The second-order valence-electron chi connectivity index (χ2n) is 7.15. The number of benzene rings is 3. The lowest BCUT2D eigenvalue weighted by Crippen LogP contribution is -2.41. The number of carbonyl (C=O) groups is 1.